The van der Waals surface area contributed by atoms with Crippen LogP contribution in [-0.4, -0.2) is 77.8 Å². The Balaban J connectivity index is 1.56. The molecule has 0 saturated heterocycles. The van der Waals surface area contributed by atoms with Gasteiger partial charge in [0, 0.05) is 31.2 Å². The van der Waals surface area contributed by atoms with Crippen molar-refractivity contribution in [1.29, 1.82) is 0 Å². The first kappa shape index (κ1) is 32.9. The molecule has 4 rings (SSSR count). The molecule has 1 heterocycles. The maximum absolute atomic E-state index is 13.7. The monoisotopic (exact) mass is 619 g/mol. The van der Waals surface area contributed by atoms with Gasteiger partial charge in [0.1, 0.15) is 6.10 Å². The number of hydrogen-bond donors (Lipinski definition) is 4. The third-order valence-electron chi connectivity index (χ3n) is 8.14. The van der Waals surface area contributed by atoms with Gasteiger partial charge in [0.15, 0.2) is 5.75 Å². The number of aliphatic hydroxyl groups excluding tert-OH is 1. The zero-order valence-corrected chi connectivity index (χ0v) is 25.1. The van der Waals surface area contributed by atoms with Crippen LogP contribution in [-0.2, 0) is 6.18 Å². The fraction of sp³-hybridized carbons (Fsp3) is 0.516. The Morgan fingerprint density at radius 1 is 1.09 bits per heavy atom. The first-order valence-corrected chi connectivity index (χ1v) is 14.9. The van der Waals surface area contributed by atoms with Crippen LogP contribution in [0.1, 0.15) is 61.9 Å². The van der Waals surface area contributed by atoms with Crippen LogP contribution in [0.5, 0.6) is 5.75 Å². The van der Waals surface area contributed by atoms with Gasteiger partial charge in [0.05, 0.1) is 36.0 Å². The normalized spacial score (nSPS) is 20.0. The number of nitrogens with one attached hydrogen (secondary N) is 3. The lowest BCUT2D eigenvalue weighted by atomic mass is 9.96. The molecule has 0 aromatic heterocycles. The van der Waals surface area contributed by atoms with E-state index in [9.17, 15) is 32.7 Å². The summed E-state index contributed by atoms with van der Waals surface area (Å²) in [5, 5.41) is 18.3. The number of nitrogens with zero attached hydrogens (tertiary/aromatic N) is 2. The summed E-state index contributed by atoms with van der Waals surface area (Å²) in [5.74, 6) is -0.539. The highest BCUT2D eigenvalue weighted by molar-refractivity contribution is 6.01. The smallest absolute Gasteiger partial charge is 0.416 e. The van der Waals surface area contributed by atoms with Crippen molar-refractivity contribution >= 4 is 29.3 Å². The molecule has 1 aliphatic carbocycles. The van der Waals surface area contributed by atoms with E-state index in [-0.39, 0.29) is 60.3 Å². The summed E-state index contributed by atoms with van der Waals surface area (Å²) >= 11 is 0. The predicted molar refractivity (Wildman–Crippen MR) is 160 cm³/mol. The average Bonchev–Trinajstić information content (AvgIpc) is 2.99. The van der Waals surface area contributed by atoms with Gasteiger partial charge in [-0.05, 0) is 56.2 Å². The van der Waals surface area contributed by atoms with E-state index in [1.54, 1.807) is 30.0 Å². The Bertz CT molecular complexity index is 1320. The molecule has 1 fully saturated rings. The molecule has 240 valence electrons. The second kappa shape index (κ2) is 14.2. The minimum Gasteiger partial charge on any atom is -0.485 e. The minimum atomic E-state index is -4.49. The van der Waals surface area contributed by atoms with Crippen LogP contribution in [0, 0.1) is 5.92 Å². The summed E-state index contributed by atoms with van der Waals surface area (Å²) in [6, 6.07) is 7.56. The van der Waals surface area contributed by atoms with Gasteiger partial charge in [-0.15, -0.1) is 0 Å². The number of carbonyl (C=O) groups excluding carboxylic acids is 3. The molecule has 5 amide bonds. The van der Waals surface area contributed by atoms with Gasteiger partial charge in [0.2, 0.25) is 0 Å². The lowest BCUT2D eigenvalue weighted by Crippen LogP contribution is -2.50. The zero-order valence-electron chi connectivity index (χ0n) is 25.1. The van der Waals surface area contributed by atoms with Crippen LogP contribution >= 0.6 is 0 Å². The number of ether oxygens (including phenoxy) is 1. The van der Waals surface area contributed by atoms with Crippen LogP contribution in [0.15, 0.2) is 42.5 Å². The molecule has 2 aromatic carbocycles. The maximum Gasteiger partial charge on any atom is 0.416 e. The largest absolute Gasteiger partial charge is 0.485 e. The van der Waals surface area contributed by atoms with E-state index >= 15 is 0 Å². The Morgan fingerprint density at radius 2 is 1.77 bits per heavy atom. The zero-order chi connectivity index (χ0) is 32.0. The summed E-state index contributed by atoms with van der Waals surface area (Å²) < 4.78 is 45.2. The molecule has 3 atom stereocenters. The van der Waals surface area contributed by atoms with Crippen LogP contribution in [0.4, 0.5) is 34.1 Å². The second-order valence-corrected chi connectivity index (χ2v) is 11.6. The summed E-state index contributed by atoms with van der Waals surface area (Å²) in [5.41, 5.74) is -0.144. The van der Waals surface area contributed by atoms with Crippen molar-refractivity contribution in [1.82, 2.24) is 15.1 Å². The summed E-state index contributed by atoms with van der Waals surface area (Å²) in [7, 11) is 1.52. The lowest BCUT2D eigenvalue weighted by molar-refractivity contribution is -0.137. The average molecular weight is 620 g/mol. The number of rotatable bonds is 7. The molecule has 2 aliphatic rings. The molecule has 0 radical (unpaired) electrons. The van der Waals surface area contributed by atoms with Crippen LogP contribution < -0.4 is 20.7 Å². The van der Waals surface area contributed by atoms with Crippen LogP contribution in [0.3, 0.4) is 0 Å². The van der Waals surface area contributed by atoms with Crippen molar-refractivity contribution in [2.24, 2.45) is 5.92 Å². The number of carbonyl (C=O) groups is 3. The van der Waals surface area contributed by atoms with Crippen molar-refractivity contribution in [2.75, 3.05) is 37.4 Å². The van der Waals surface area contributed by atoms with E-state index < -0.39 is 35.9 Å². The number of para-hydroxylation sites is 1. The van der Waals surface area contributed by atoms with Crippen molar-refractivity contribution in [3.8, 4) is 5.75 Å². The number of likely N-dealkylation sites (N-methyl/N-ethyl adjacent to an activating group) is 1. The third kappa shape index (κ3) is 8.13. The fourth-order valence-electron chi connectivity index (χ4n) is 5.46. The quantitative estimate of drug-likeness (QED) is 0.324. The number of halogens is 3. The Kier molecular flexibility index (Phi) is 10.6. The fourth-order valence-corrected chi connectivity index (χ4v) is 5.46. The number of aliphatic hydroxyl groups is 1. The molecule has 1 aliphatic heterocycles. The number of hydrogen-bond acceptors (Lipinski definition) is 5. The van der Waals surface area contributed by atoms with Crippen molar-refractivity contribution in [2.45, 2.75) is 70.3 Å². The van der Waals surface area contributed by atoms with Crippen LogP contribution in [0.25, 0.3) is 0 Å². The molecular weight excluding hydrogens is 579 g/mol. The van der Waals surface area contributed by atoms with Gasteiger partial charge >= 0.3 is 18.2 Å². The van der Waals surface area contributed by atoms with Gasteiger partial charge in [-0.1, -0.05) is 32.3 Å². The van der Waals surface area contributed by atoms with Gasteiger partial charge < -0.3 is 35.6 Å². The number of urea groups is 2. The minimum absolute atomic E-state index is 0.0468. The Labute approximate surface area is 254 Å². The van der Waals surface area contributed by atoms with Crippen LogP contribution in [0.2, 0.25) is 0 Å². The lowest BCUT2D eigenvalue weighted by Gasteiger charge is -2.38. The molecule has 2 aromatic rings. The number of benzene rings is 2. The van der Waals surface area contributed by atoms with Crippen molar-refractivity contribution < 1.29 is 37.4 Å². The Morgan fingerprint density at radius 3 is 2.41 bits per heavy atom. The van der Waals surface area contributed by atoms with E-state index in [1.165, 1.54) is 24.1 Å². The maximum atomic E-state index is 13.7. The standard InChI is InChI=1S/C31H40F3N5O5/c1-19-16-39(20(2)18-40)28(41)24-10-7-11-25(37-29(42)35-22-8-5-4-6-9-22)27(24)44-26(19)17-38(3)30(43)36-23-14-12-21(13-15-23)31(32,33)34/h7,10-15,19-20,22,26,40H,4-6,8-9,16-18H2,1-3H3,(H,36,43)(H2,35,37,42)/t19-,20-,26-/m1/s1. The number of alkyl halides is 3. The van der Waals surface area contributed by atoms with E-state index in [0.717, 1.165) is 44.2 Å². The molecule has 1 saturated carbocycles. The third-order valence-corrected chi connectivity index (χ3v) is 8.14. The highest BCUT2D eigenvalue weighted by atomic mass is 19.4. The summed E-state index contributed by atoms with van der Waals surface area (Å²) in [4.78, 5) is 42.5. The topological polar surface area (TPSA) is 123 Å². The molecule has 4 N–H and O–H groups in total. The first-order chi connectivity index (χ1) is 20.9. The van der Waals surface area contributed by atoms with Gasteiger partial charge in [0.25, 0.3) is 5.91 Å². The predicted octanol–water partition coefficient (Wildman–Crippen LogP) is 5.54. The molecule has 44 heavy (non-hydrogen) atoms. The van der Waals surface area contributed by atoms with Gasteiger partial charge in [-0.3, -0.25) is 4.79 Å². The SMILES string of the molecule is C[C@@H]1CN([C@H](C)CO)C(=O)c2cccc(NC(=O)NC3CCCCC3)c2O[C@@H]1CN(C)C(=O)Nc1ccc(C(F)(F)F)cc1. The number of fused-ring (bicyclic) bond motifs is 1. The van der Waals surface area contributed by atoms with Crippen molar-refractivity contribution in [3.63, 3.8) is 0 Å². The number of anilines is 2. The highest BCUT2D eigenvalue weighted by Crippen LogP contribution is 2.35. The summed E-state index contributed by atoms with van der Waals surface area (Å²) in [6.07, 6.45) is -0.144. The molecule has 13 heteroatoms. The molecule has 0 bridgehead atoms. The van der Waals surface area contributed by atoms with Crippen molar-refractivity contribution in [3.05, 3.63) is 53.6 Å². The molecule has 0 spiro atoms. The molecule has 10 nitrogen and oxygen atoms in total. The van der Waals surface area contributed by atoms with Gasteiger partial charge in [-0.25, -0.2) is 9.59 Å². The van der Waals surface area contributed by atoms with Gasteiger partial charge in [-0.2, -0.15) is 13.2 Å². The molecule has 0 unspecified atom stereocenters. The summed E-state index contributed by atoms with van der Waals surface area (Å²) in [6.45, 7) is 3.58. The van der Waals surface area contributed by atoms with E-state index in [0.29, 0.717) is 0 Å². The second-order valence-electron chi connectivity index (χ2n) is 11.6. The van der Waals surface area contributed by atoms with E-state index in [2.05, 4.69) is 16.0 Å². The first-order valence-electron chi connectivity index (χ1n) is 14.9. The van der Waals surface area contributed by atoms with E-state index in [4.69, 9.17) is 4.74 Å². The molecular formula is C31H40F3N5O5. The van der Waals surface area contributed by atoms with E-state index in [1.807, 2.05) is 6.92 Å². The highest BCUT2D eigenvalue weighted by Gasteiger charge is 2.35. The Hall–Kier alpha value is -4.00. The number of amides is 5.